The predicted molar refractivity (Wildman–Crippen MR) is 115 cm³/mol. The van der Waals surface area contributed by atoms with Crippen molar-refractivity contribution in [2.75, 3.05) is 17.7 Å². The lowest BCUT2D eigenvalue weighted by Crippen LogP contribution is -2.15. The number of alkyl halides is 2. The monoisotopic (exact) mass is 443 g/mol. The van der Waals surface area contributed by atoms with Crippen molar-refractivity contribution in [1.29, 1.82) is 0 Å². The molecule has 3 rings (SSSR count). The number of halogens is 2. The molecule has 0 bridgehead atoms. The number of aryl methyl sites for hydroxylation is 1. The first-order valence-electron chi connectivity index (χ1n) is 9.80. The van der Waals surface area contributed by atoms with E-state index in [1.54, 1.807) is 31.6 Å². The number of hydrogen-bond donors (Lipinski definition) is 2. The van der Waals surface area contributed by atoms with Gasteiger partial charge in [-0.25, -0.2) is 15.0 Å². The summed E-state index contributed by atoms with van der Waals surface area (Å²) in [5, 5.41) is 5.64. The van der Waals surface area contributed by atoms with Crippen LogP contribution in [0.2, 0.25) is 0 Å². The Morgan fingerprint density at radius 1 is 1.06 bits per heavy atom. The minimum absolute atomic E-state index is 0.179. The van der Waals surface area contributed by atoms with Gasteiger partial charge < -0.3 is 15.4 Å². The Labute approximate surface area is 183 Å². The van der Waals surface area contributed by atoms with Crippen LogP contribution in [0.3, 0.4) is 0 Å². The number of amides is 1. The molecule has 0 aliphatic rings. The molecule has 0 atom stereocenters. The molecule has 32 heavy (non-hydrogen) atoms. The van der Waals surface area contributed by atoms with Crippen LogP contribution in [0.5, 0.6) is 0 Å². The van der Waals surface area contributed by atoms with Crippen molar-refractivity contribution in [3.8, 4) is 11.3 Å². The number of carbonyl (C=O) groups excluding carboxylic acids is 1. The highest BCUT2D eigenvalue weighted by Crippen LogP contribution is 2.31. The summed E-state index contributed by atoms with van der Waals surface area (Å²) in [6, 6.07) is 3.16. The molecule has 0 fully saturated rings. The normalized spacial score (nSPS) is 11.3. The summed E-state index contributed by atoms with van der Waals surface area (Å²) in [7, 11) is 1.56. The summed E-state index contributed by atoms with van der Waals surface area (Å²) in [6.45, 7) is 4.23. The number of aromatic nitrogens is 5. The molecule has 3 aromatic rings. The first-order valence-corrected chi connectivity index (χ1v) is 9.80. The Balaban J connectivity index is 2.06. The Morgan fingerprint density at radius 3 is 2.44 bits per heavy atom. The van der Waals surface area contributed by atoms with Crippen LogP contribution in [-0.2, 0) is 28.5 Å². The molecule has 11 heteroatoms. The van der Waals surface area contributed by atoms with Gasteiger partial charge in [-0.3, -0.25) is 14.8 Å². The quantitative estimate of drug-likeness (QED) is 0.540. The van der Waals surface area contributed by atoms with Gasteiger partial charge in [-0.15, -0.1) is 0 Å². The zero-order chi connectivity index (χ0) is 23.3. The fourth-order valence-electron chi connectivity index (χ4n) is 2.80. The molecule has 0 saturated heterocycles. The van der Waals surface area contributed by atoms with Crippen molar-refractivity contribution < 1.29 is 18.3 Å². The summed E-state index contributed by atoms with van der Waals surface area (Å²) >= 11 is 0. The number of nitrogens with one attached hydrogen (secondary N) is 2. The second kappa shape index (κ2) is 9.69. The zero-order valence-corrected chi connectivity index (χ0v) is 18.1. The van der Waals surface area contributed by atoms with Gasteiger partial charge >= 0.3 is 5.92 Å². The van der Waals surface area contributed by atoms with Gasteiger partial charge in [-0.2, -0.15) is 8.78 Å². The van der Waals surface area contributed by atoms with Crippen LogP contribution < -0.4 is 10.6 Å². The number of hydrogen-bond acceptors (Lipinski definition) is 8. The molecule has 0 aliphatic heterocycles. The second-order valence-electron chi connectivity index (χ2n) is 7.06. The molecular formula is C21H23F2N7O2. The number of methoxy groups -OCH3 is 1. The third-order valence-corrected chi connectivity index (χ3v) is 4.28. The molecular weight excluding hydrogens is 420 g/mol. The van der Waals surface area contributed by atoms with E-state index in [2.05, 4.69) is 35.6 Å². The predicted octanol–water partition coefficient (Wildman–Crippen LogP) is 3.85. The van der Waals surface area contributed by atoms with Gasteiger partial charge in [0.15, 0.2) is 0 Å². The molecule has 3 heterocycles. The fourth-order valence-corrected chi connectivity index (χ4v) is 2.80. The van der Waals surface area contributed by atoms with E-state index in [4.69, 9.17) is 4.74 Å². The fraction of sp³-hybridized carbons (Fsp3) is 0.333. The van der Waals surface area contributed by atoms with Crippen molar-refractivity contribution >= 4 is 23.2 Å². The summed E-state index contributed by atoms with van der Waals surface area (Å²) < 4.78 is 32.9. The van der Waals surface area contributed by atoms with Crippen molar-refractivity contribution in [2.45, 2.75) is 39.7 Å². The standard InChI is InChI=1S/C21H23F2N7O2/c1-5-13-6-19(30-20(28-13)21(3,22)23)29-16-7-18(27-12(2)31)26-9-15(16)17-10-24-14(8-25-17)11-32-4/h6-10H,5,11H2,1-4H3,(H2,26,27,28,29,30,31). The van der Waals surface area contributed by atoms with Gasteiger partial charge in [0.1, 0.15) is 11.6 Å². The van der Waals surface area contributed by atoms with E-state index in [0.29, 0.717) is 41.4 Å². The molecule has 0 unspecified atom stereocenters. The topological polar surface area (TPSA) is 115 Å². The van der Waals surface area contributed by atoms with E-state index in [-0.39, 0.29) is 17.5 Å². The number of anilines is 3. The van der Waals surface area contributed by atoms with Gasteiger partial charge in [-0.05, 0) is 6.42 Å². The highest BCUT2D eigenvalue weighted by atomic mass is 19.3. The average Bonchev–Trinajstić information content (AvgIpc) is 2.73. The van der Waals surface area contributed by atoms with Crippen LogP contribution in [0.25, 0.3) is 11.3 Å². The lowest BCUT2D eigenvalue weighted by atomic mass is 10.1. The second-order valence-corrected chi connectivity index (χ2v) is 7.06. The molecule has 168 valence electrons. The van der Waals surface area contributed by atoms with Crippen LogP contribution in [0, 0.1) is 0 Å². The van der Waals surface area contributed by atoms with Crippen LogP contribution in [0.1, 0.15) is 38.0 Å². The minimum Gasteiger partial charge on any atom is -0.378 e. The van der Waals surface area contributed by atoms with E-state index >= 15 is 0 Å². The van der Waals surface area contributed by atoms with Gasteiger partial charge in [0.2, 0.25) is 11.7 Å². The lowest BCUT2D eigenvalue weighted by Gasteiger charge is -2.16. The van der Waals surface area contributed by atoms with E-state index < -0.39 is 11.7 Å². The molecule has 1 amide bonds. The van der Waals surface area contributed by atoms with Crippen LogP contribution >= 0.6 is 0 Å². The Morgan fingerprint density at radius 2 is 1.84 bits per heavy atom. The van der Waals surface area contributed by atoms with Crippen molar-refractivity contribution in [2.24, 2.45) is 0 Å². The van der Waals surface area contributed by atoms with E-state index in [9.17, 15) is 13.6 Å². The Hall–Kier alpha value is -3.60. The van der Waals surface area contributed by atoms with Crippen LogP contribution in [0.15, 0.2) is 30.7 Å². The smallest absolute Gasteiger partial charge is 0.303 e. The number of ether oxygens (including phenoxy) is 1. The molecule has 0 saturated carbocycles. The zero-order valence-electron chi connectivity index (χ0n) is 18.1. The highest BCUT2D eigenvalue weighted by Gasteiger charge is 2.29. The summed E-state index contributed by atoms with van der Waals surface area (Å²) in [5.41, 5.74) is 2.58. The average molecular weight is 443 g/mol. The van der Waals surface area contributed by atoms with E-state index in [0.717, 1.165) is 6.92 Å². The first kappa shape index (κ1) is 23.1. The number of rotatable bonds is 8. The van der Waals surface area contributed by atoms with Crippen molar-refractivity contribution in [1.82, 2.24) is 24.9 Å². The van der Waals surface area contributed by atoms with Gasteiger partial charge in [0, 0.05) is 50.5 Å². The molecule has 2 N–H and O–H groups in total. The van der Waals surface area contributed by atoms with Crippen LogP contribution in [0.4, 0.5) is 26.1 Å². The number of nitrogens with zero attached hydrogens (tertiary/aromatic N) is 5. The summed E-state index contributed by atoms with van der Waals surface area (Å²) in [5.74, 6) is -3.63. The number of carbonyl (C=O) groups is 1. The summed E-state index contributed by atoms with van der Waals surface area (Å²) in [6.07, 6.45) is 5.08. The Bertz CT molecular complexity index is 1100. The minimum atomic E-state index is -3.20. The molecule has 0 radical (unpaired) electrons. The van der Waals surface area contributed by atoms with Crippen LogP contribution in [-0.4, -0.2) is 37.9 Å². The van der Waals surface area contributed by atoms with Gasteiger partial charge in [0.25, 0.3) is 0 Å². The third kappa shape index (κ3) is 5.76. The van der Waals surface area contributed by atoms with E-state index in [1.165, 1.54) is 13.1 Å². The highest BCUT2D eigenvalue weighted by molar-refractivity contribution is 5.89. The molecule has 0 spiro atoms. The maximum atomic E-state index is 13.9. The summed E-state index contributed by atoms with van der Waals surface area (Å²) in [4.78, 5) is 32.3. The van der Waals surface area contributed by atoms with E-state index in [1.807, 2.05) is 6.92 Å². The largest absolute Gasteiger partial charge is 0.378 e. The molecule has 9 nitrogen and oxygen atoms in total. The lowest BCUT2D eigenvalue weighted by molar-refractivity contribution is -0.114. The van der Waals surface area contributed by atoms with Crippen molar-refractivity contribution in [3.63, 3.8) is 0 Å². The first-order chi connectivity index (χ1) is 15.2. The number of pyridine rings is 1. The maximum absolute atomic E-state index is 13.9. The Kier molecular flexibility index (Phi) is 6.98. The molecule has 0 aliphatic carbocycles. The maximum Gasteiger partial charge on any atom is 0.303 e. The van der Waals surface area contributed by atoms with Crippen molar-refractivity contribution in [3.05, 3.63) is 47.9 Å². The SMILES string of the molecule is CCc1cc(Nc2cc(NC(C)=O)ncc2-c2cnc(COC)cn2)nc(C(C)(F)F)n1. The molecule has 3 aromatic heterocycles. The van der Waals surface area contributed by atoms with Gasteiger partial charge in [-0.1, -0.05) is 6.92 Å². The molecule has 0 aromatic carbocycles. The van der Waals surface area contributed by atoms with Gasteiger partial charge in [0.05, 0.1) is 36.1 Å². The third-order valence-electron chi connectivity index (χ3n) is 4.28.